The molecule has 0 radical (unpaired) electrons. The molecule has 0 aromatic heterocycles. The fourth-order valence-corrected chi connectivity index (χ4v) is 0.980. The van der Waals surface area contributed by atoms with Crippen LogP contribution >= 0.6 is 34.8 Å². The molecule has 84 valence electrons. The first-order chi connectivity index (χ1) is 7.61. The van der Waals surface area contributed by atoms with Crippen molar-refractivity contribution in [2.75, 3.05) is 0 Å². The van der Waals surface area contributed by atoms with E-state index in [1.165, 1.54) is 6.21 Å². The molecule has 3 nitrogen and oxygen atoms in total. The Kier molecular flexibility index (Phi) is 5.32. The van der Waals surface area contributed by atoms with E-state index in [1.807, 2.05) is 18.2 Å². The van der Waals surface area contributed by atoms with Crippen molar-refractivity contribution in [2.24, 2.45) is 5.16 Å². The number of nitrogens with zero attached hydrogens (tertiary/aromatic N) is 1. The van der Waals surface area contributed by atoms with Crippen molar-refractivity contribution in [3.8, 4) is 0 Å². The first-order valence-electron chi connectivity index (χ1n) is 4.12. The molecule has 0 bridgehead atoms. The molecule has 0 aliphatic heterocycles. The topological polar surface area (TPSA) is 38.7 Å². The van der Waals surface area contributed by atoms with E-state index in [2.05, 4.69) is 9.99 Å². The molecule has 0 unspecified atom stereocenters. The third kappa shape index (κ3) is 4.23. The average Bonchev–Trinajstić information content (AvgIpc) is 2.29. The van der Waals surface area contributed by atoms with E-state index in [-0.39, 0.29) is 4.49 Å². The molecule has 0 aliphatic rings. The molecule has 0 N–H and O–H groups in total. The van der Waals surface area contributed by atoms with Gasteiger partial charge in [-0.3, -0.25) is 0 Å². The van der Waals surface area contributed by atoms with E-state index >= 15 is 0 Å². The number of hydrogen-bond acceptors (Lipinski definition) is 3. The van der Waals surface area contributed by atoms with Gasteiger partial charge in [-0.05, 0) is 5.56 Å². The fraction of sp³-hybridized carbons (Fsp3) is 0. The van der Waals surface area contributed by atoms with Gasteiger partial charge in [0.25, 0.3) is 0 Å². The lowest BCUT2D eigenvalue weighted by molar-refractivity contribution is -0.138. The summed E-state index contributed by atoms with van der Waals surface area (Å²) in [5.41, 5.74) is 0.785. The molecular formula is C10H6Cl3NO2. The molecular weight excluding hydrogens is 272 g/mol. The van der Waals surface area contributed by atoms with Gasteiger partial charge in [0.2, 0.25) is 0 Å². The minimum atomic E-state index is -0.908. The van der Waals surface area contributed by atoms with Crippen molar-refractivity contribution in [3.63, 3.8) is 0 Å². The summed E-state index contributed by atoms with van der Waals surface area (Å²) in [7, 11) is 0. The van der Waals surface area contributed by atoms with Gasteiger partial charge in [0.15, 0.2) is 5.03 Å². The van der Waals surface area contributed by atoms with Crippen LogP contribution in [0.15, 0.2) is 45.0 Å². The van der Waals surface area contributed by atoms with Crippen LogP contribution in [0.25, 0.3) is 0 Å². The monoisotopic (exact) mass is 277 g/mol. The lowest BCUT2D eigenvalue weighted by atomic mass is 10.2. The fourth-order valence-electron chi connectivity index (χ4n) is 0.791. The first-order valence-corrected chi connectivity index (χ1v) is 5.25. The average molecular weight is 279 g/mol. The Bertz CT molecular complexity index is 425. The van der Waals surface area contributed by atoms with E-state index in [4.69, 9.17) is 34.8 Å². The van der Waals surface area contributed by atoms with Gasteiger partial charge < -0.3 is 4.84 Å². The van der Waals surface area contributed by atoms with Crippen molar-refractivity contribution in [1.82, 2.24) is 0 Å². The second-order valence-electron chi connectivity index (χ2n) is 2.60. The molecule has 0 saturated heterocycles. The molecule has 0 fully saturated rings. The summed E-state index contributed by atoms with van der Waals surface area (Å²) in [4.78, 5) is 15.5. The van der Waals surface area contributed by atoms with E-state index in [0.717, 1.165) is 5.56 Å². The highest BCUT2D eigenvalue weighted by Crippen LogP contribution is 2.18. The second kappa shape index (κ2) is 6.53. The predicted octanol–water partition coefficient (Wildman–Crippen LogP) is 3.45. The molecule has 1 aromatic rings. The third-order valence-corrected chi connectivity index (χ3v) is 2.40. The number of rotatable bonds is 3. The van der Waals surface area contributed by atoms with Crippen molar-refractivity contribution < 1.29 is 9.63 Å². The number of benzene rings is 1. The third-order valence-electron chi connectivity index (χ3n) is 1.48. The Labute approximate surface area is 107 Å². The van der Waals surface area contributed by atoms with Crippen molar-refractivity contribution in [1.29, 1.82) is 0 Å². The molecule has 1 aromatic carbocycles. The van der Waals surface area contributed by atoms with Crippen LogP contribution in [0, 0.1) is 0 Å². The lowest BCUT2D eigenvalue weighted by Crippen LogP contribution is -2.00. The van der Waals surface area contributed by atoms with E-state index in [9.17, 15) is 4.79 Å². The predicted molar refractivity (Wildman–Crippen MR) is 64.7 cm³/mol. The van der Waals surface area contributed by atoms with Gasteiger partial charge in [-0.1, -0.05) is 70.3 Å². The second-order valence-corrected chi connectivity index (χ2v) is 3.93. The molecule has 1 rings (SSSR count). The van der Waals surface area contributed by atoms with E-state index in [1.54, 1.807) is 12.1 Å². The highest BCUT2D eigenvalue weighted by molar-refractivity contribution is 6.62. The summed E-state index contributed by atoms with van der Waals surface area (Å²) in [6, 6.07) is 9.10. The zero-order valence-electron chi connectivity index (χ0n) is 7.86. The quantitative estimate of drug-likeness (QED) is 0.368. The molecule has 0 spiro atoms. The Balaban J connectivity index is 2.56. The van der Waals surface area contributed by atoms with Crippen LogP contribution < -0.4 is 0 Å². The maximum atomic E-state index is 11.1. The highest BCUT2D eigenvalue weighted by Gasteiger charge is 2.11. The maximum Gasteiger partial charge on any atom is 0.379 e. The standard InChI is InChI=1S/C10H6Cl3NO2/c11-8(9(12)13)10(15)16-14-6-7-4-2-1-3-5-7/h1-6H. The molecule has 0 saturated carbocycles. The van der Waals surface area contributed by atoms with Crippen molar-refractivity contribution >= 4 is 47.0 Å². The molecule has 0 amide bonds. The summed E-state index contributed by atoms with van der Waals surface area (Å²) in [6.07, 6.45) is 1.37. The zero-order chi connectivity index (χ0) is 12.0. The van der Waals surface area contributed by atoms with E-state index < -0.39 is 11.0 Å². The lowest BCUT2D eigenvalue weighted by Gasteiger charge is -1.95. The summed E-state index contributed by atoms with van der Waals surface area (Å²) < 4.78 is -0.360. The molecule has 0 aliphatic carbocycles. The molecule has 6 heteroatoms. The summed E-state index contributed by atoms with van der Waals surface area (Å²) in [5.74, 6) is -0.908. The van der Waals surface area contributed by atoms with Gasteiger partial charge in [-0.15, -0.1) is 0 Å². The Morgan fingerprint density at radius 2 is 1.81 bits per heavy atom. The van der Waals surface area contributed by atoms with Gasteiger partial charge in [-0.25, -0.2) is 4.79 Å². The SMILES string of the molecule is O=C(ON=Cc1ccccc1)C(Cl)=C(Cl)Cl. The van der Waals surface area contributed by atoms with Gasteiger partial charge in [0.05, 0.1) is 6.21 Å². The number of hydrogen-bond donors (Lipinski definition) is 0. The largest absolute Gasteiger partial charge is 0.379 e. The number of oxime groups is 1. The van der Waals surface area contributed by atoms with Crippen LogP contribution in [0.5, 0.6) is 0 Å². The molecule has 16 heavy (non-hydrogen) atoms. The first kappa shape index (κ1) is 13.0. The Morgan fingerprint density at radius 3 is 2.38 bits per heavy atom. The van der Waals surface area contributed by atoms with Gasteiger partial charge in [-0.2, -0.15) is 0 Å². The Morgan fingerprint density at radius 1 is 1.19 bits per heavy atom. The van der Waals surface area contributed by atoms with E-state index in [0.29, 0.717) is 0 Å². The summed E-state index contributed by atoms with van der Waals surface area (Å²) in [5, 5.41) is 3.03. The molecule has 0 atom stereocenters. The zero-order valence-corrected chi connectivity index (χ0v) is 10.1. The van der Waals surface area contributed by atoms with Crippen LogP contribution in [0.1, 0.15) is 5.56 Å². The summed E-state index contributed by atoms with van der Waals surface area (Å²) >= 11 is 16.0. The minimum Gasteiger partial charge on any atom is -0.312 e. The van der Waals surface area contributed by atoms with Crippen LogP contribution in [0.2, 0.25) is 0 Å². The maximum absolute atomic E-state index is 11.1. The van der Waals surface area contributed by atoms with Gasteiger partial charge >= 0.3 is 5.97 Å². The van der Waals surface area contributed by atoms with Crippen LogP contribution in [-0.4, -0.2) is 12.2 Å². The highest BCUT2D eigenvalue weighted by atomic mass is 35.5. The van der Waals surface area contributed by atoms with Crippen LogP contribution in [-0.2, 0) is 9.63 Å². The van der Waals surface area contributed by atoms with Gasteiger partial charge in [0, 0.05) is 0 Å². The smallest absolute Gasteiger partial charge is 0.312 e. The molecule has 0 heterocycles. The van der Waals surface area contributed by atoms with Crippen molar-refractivity contribution in [3.05, 3.63) is 45.4 Å². The summed E-state index contributed by atoms with van der Waals surface area (Å²) in [6.45, 7) is 0. The van der Waals surface area contributed by atoms with Crippen molar-refractivity contribution in [2.45, 2.75) is 0 Å². The normalized spacial score (nSPS) is 10.2. The van der Waals surface area contributed by atoms with Crippen LogP contribution in [0.3, 0.4) is 0 Å². The number of carbonyl (C=O) groups is 1. The van der Waals surface area contributed by atoms with Gasteiger partial charge in [0.1, 0.15) is 4.49 Å². The number of halogens is 3. The Hall–Kier alpha value is -1.03. The van der Waals surface area contributed by atoms with Crippen LogP contribution in [0.4, 0.5) is 0 Å². The minimum absolute atomic E-state index is 0.360. The number of carbonyl (C=O) groups excluding carboxylic acids is 1.